The minimum Gasteiger partial charge on any atom is -0.753 e. The first kappa shape index (κ1) is 27.7. The van der Waals surface area contributed by atoms with Gasteiger partial charge in [-0.25, -0.2) is 10.5 Å². The molecule has 0 N–H and O–H groups in total. The number of rotatable bonds is 2. The molecule has 0 aliphatic carbocycles. The minimum absolute atomic E-state index is 0. The maximum absolute atomic E-state index is 7.13. The number of nitrogens with zero attached hydrogens (tertiary/aromatic N) is 6. The molecule has 0 saturated carbocycles. The summed E-state index contributed by atoms with van der Waals surface area (Å²) in [6.07, 6.45) is 7.49. The van der Waals surface area contributed by atoms with Crippen molar-refractivity contribution < 1.29 is 19.5 Å². The van der Waals surface area contributed by atoms with Crippen LogP contribution >= 0.6 is 12.2 Å². The van der Waals surface area contributed by atoms with Gasteiger partial charge >= 0.3 is 19.5 Å². The molecule has 0 fully saturated rings. The maximum Gasteiger partial charge on any atom is 4.00 e. The van der Waals surface area contributed by atoms with Gasteiger partial charge in [0.15, 0.2) is 0 Å². The fourth-order valence-electron chi connectivity index (χ4n) is 1.86. The van der Waals surface area contributed by atoms with E-state index in [1.807, 2.05) is 54.5 Å². The standard InChI is InChI=1S/C14H11BN3.2CHNS.CNS.Ru/c1-3-10-16-12(6-1)13-7-5-8-14(18-13)15-9-2-4-11-17-15;3*2-1-3;/h1-11H;2*3H;;/q-1;;;-1;+4/p-2. The molecule has 0 atom stereocenters. The summed E-state index contributed by atoms with van der Waals surface area (Å²) in [5.41, 5.74) is 2.71. The molecule has 0 aromatic carbocycles. The van der Waals surface area contributed by atoms with Crippen LogP contribution in [-0.4, -0.2) is 22.0 Å². The van der Waals surface area contributed by atoms with Crippen LogP contribution in [0.3, 0.4) is 0 Å². The molecular formula is C17H11BN6RuS3. The normalized spacial score (nSPS) is 9.43. The van der Waals surface area contributed by atoms with Crippen molar-refractivity contribution in [3.05, 3.63) is 77.6 Å². The molecule has 138 valence electrons. The van der Waals surface area contributed by atoms with Crippen molar-refractivity contribution in [2.24, 2.45) is 0 Å². The summed E-state index contributed by atoms with van der Waals surface area (Å²) in [7, 11) is 0. The number of isothiocyanates is 1. The Morgan fingerprint density at radius 1 is 1.04 bits per heavy atom. The van der Waals surface area contributed by atoms with Gasteiger partial charge in [0.05, 0.1) is 11.4 Å². The van der Waals surface area contributed by atoms with Crippen LogP contribution in [0.4, 0.5) is 0 Å². The number of thiocyanates is 2. The molecule has 3 rings (SSSR count). The molecule has 0 unspecified atom stereocenters. The molecule has 6 nitrogen and oxygen atoms in total. The van der Waals surface area contributed by atoms with Gasteiger partial charge < -0.3 is 35.9 Å². The first-order valence-electron chi connectivity index (χ1n) is 7.13. The Bertz CT molecular complexity index is 847. The number of hydrogen-bond donors (Lipinski definition) is 0. The predicted molar refractivity (Wildman–Crippen MR) is 116 cm³/mol. The van der Waals surface area contributed by atoms with Gasteiger partial charge in [-0.3, -0.25) is 9.97 Å². The Morgan fingerprint density at radius 2 is 1.64 bits per heavy atom. The van der Waals surface area contributed by atoms with Crippen LogP contribution in [0.1, 0.15) is 0 Å². The van der Waals surface area contributed by atoms with Gasteiger partial charge in [-0.1, -0.05) is 53.4 Å². The summed E-state index contributed by atoms with van der Waals surface area (Å²) in [6, 6.07) is 11.8. The van der Waals surface area contributed by atoms with Crippen molar-refractivity contribution in [2.45, 2.75) is 0 Å². The maximum atomic E-state index is 7.13. The van der Waals surface area contributed by atoms with E-state index in [4.69, 9.17) is 15.9 Å². The number of thiocarbonyl (C=S) groups is 1. The Hall–Kier alpha value is -2.51. The summed E-state index contributed by atoms with van der Waals surface area (Å²) in [6.45, 7) is 0.0127. The third-order valence-electron chi connectivity index (χ3n) is 2.74. The van der Waals surface area contributed by atoms with Crippen molar-refractivity contribution >= 4 is 55.1 Å². The number of nitriles is 2. The zero-order valence-corrected chi connectivity index (χ0v) is 18.4. The monoisotopic (exact) mass is 508 g/mol. The SMILES string of the molecule is C1=C[N-]B(c2cccc(-c3ccccn3)n2)C=C1.N#C[S-].N#C[S-].[N-]=C=S.[Ru+4]. The van der Waals surface area contributed by atoms with Crippen LogP contribution in [0.25, 0.3) is 22.0 Å². The Morgan fingerprint density at radius 3 is 2.14 bits per heavy atom. The number of allylic oxidation sites excluding steroid dienone is 2. The smallest absolute Gasteiger partial charge is 0.753 e. The van der Waals surface area contributed by atoms with E-state index in [0.717, 1.165) is 17.0 Å². The largest absolute Gasteiger partial charge is 4.00 e. The summed E-state index contributed by atoms with van der Waals surface area (Å²) in [5.74, 6) is 2.03. The van der Waals surface area contributed by atoms with Crippen molar-refractivity contribution in [3.63, 3.8) is 0 Å². The second-order valence-electron chi connectivity index (χ2n) is 4.26. The number of pyridine rings is 2. The molecule has 0 saturated heterocycles. The van der Waals surface area contributed by atoms with Crippen molar-refractivity contribution in [1.82, 2.24) is 9.97 Å². The van der Waals surface area contributed by atoms with E-state index in [2.05, 4.69) is 52.7 Å². The third-order valence-corrected chi connectivity index (χ3v) is 2.74. The second-order valence-corrected chi connectivity index (χ2v) is 4.80. The average molecular weight is 507 g/mol. The molecule has 0 amide bonds. The summed E-state index contributed by atoms with van der Waals surface area (Å²) >= 11 is 11.1. The zero-order chi connectivity index (χ0) is 20.3. The predicted octanol–water partition coefficient (Wildman–Crippen LogP) is 3.02. The zero-order valence-electron chi connectivity index (χ0n) is 14.2. The van der Waals surface area contributed by atoms with E-state index >= 15 is 0 Å². The van der Waals surface area contributed by atoms with Gasteiger partial charge in [0.25, 0.3) is 0 Å². The number of hydrogen-bond acceptors (Lipinski definition) is 7. The molecule has 0 spiro atoms. The van der Waals surface area contributed by atoms with Gasteiger partial charge in [-0.15, -0.1) is 5.98 Å². The summed E-state index contributed by atoms with van der Waals surface area (Å²) in [4.78, 5) is 8.94. The topological polar surface area (TPSA) is 110 Å². The van der Waals surface area contributed by atoms with Crippen molar-refractivity contribution in [1.29, 1.82) is 10.5 Å². The Labute approximate surface area is 194 Å². The molecule has 0 bridgehead atoms. The van der Waals surface area contributed by atoms with Gasteiger partial charge in [-0.2, -0.15) is 11.4 Å². The van der Waals surface area contributed by atoms with E-state index in [1.54, 1.807) is 12.4 Å². The molecule has 28 heavy (non-hydrogen) atoms. The number of aromatic nitrogens is 2. The second kappa shape index (κ2) is 19.3. The first-order chi connectivity index (χ1) is 13.2. The molecule has 3 heterocycles. The van der Waals surface area contributed by atoms with E-state index in [0.29, 0.717) is 0 Å². The van der Waals surface area contributed by atoms with E-state index in [-0.39, 0.29) is 26.3 Å². The van der Waals surface area contributed by atoms with E-state index < -0.39 is 0 Å². The van der Waals surface area contributed by atoms with Crippen LogP contribution in [0.5, 0.6) is 0 Å². The summed E-state index contributed by atoms with van der Waals surface area (Å²) in [5, 5.41) is 29.8. The Balaban J connectivity index is 0. The van der Waals surface area contributed by atoms with Gasteiger partial charge in [0.2, 0.25) is 0 Å². The Kier molecular flexibility index (Phi) is 19.1. The molecule has 2 aromatic heterocycles. The van der Waals surface area contributed by atoms with E-state index in [9.17, 15) is 0 Å². The van der Waals surface area contributed by atoms with Crippen LogP contribution in [0, 0.1) is 21.3 Å². The minimum atomic E-state index is 0. The molecule has 2 aromatic rings. The fourth-order valence-corrected chi connectivity index (χ4v) is 1.86. The molecule has 1 aliphatic heterocycles. The molecule has 0 radical (unpaired) electrons. The van der Waals surface area contributed by atoms with Gasteiger partial charge in [0.1, 0.15) is 6.85 Å². The van der Waals surface area contributed by atoms with Crippen LogP contribution in [0.15, 0.2) is 66.9 Å². The van der Waals surface area contributed by atoms with Crippen molar-refractivity contribution in [3.8, 4) is 22.2 Å². The average Bonchev–Trinajstić information content (AvgIpc) is 2.71. The first-order valence-corrected chi connectivity index (χ1v) is 8.36. The summed E-state index contributed by atoms with van der Waals surface area (Å²) < 4.78 is 0. The quantitative estimate of drug-likeness (QED) is 0.202. The van der Waals surface area contributed by atoms with Gasteiger partial charge in [0, 0.05) is 6.20 Å². The van der Waals surface area contributed by atoms with Crippen LogP contribution in [-0.2, 0) is 44.7 Å². The molecule has 11 heteroatoms. The molecular weight excluding hydrogens is 496 g/mol. The third kappa shape index (κ3) is 12.0. The fraction of sp³-hybridized carbons (Fsp3) is 0. The van der Waals surface area contributed by atoms with E-state index in [1.165, 1.54) is 16.0 Å². The molecule has 1 aliphatic rings. The van der Waals surface area contributed by atoms with Crippen molar-refractivity contribution in [2.75, 3.05) is 0 Å². The van der Waals surface area contributed by atoms with Gasteiger partial charge in [-0.05, 0) is 23.8 Å². The van der Waals surface area contributed by atoms with Crippen LogP contribution in [0.2, 0.25) is 0 Å². The van der Waals surface area contributed by atoms with Crippen LogP contribution < -0.4 is 5.59 Å².